The molecule has 164 valence electrons. The highest BCUT2D eigenvalue weighted by atomic mass is 16.5. The number of aliphatic hydroxyl groups is 1. The predicted molar refractivity (Wildman–Crippen MR) is 113 cm³/mol. The number of amides is 1. The Hall–Kier alpha value is -3.17. The van der Waals surface area contributed by atoms with Gasteiger partial charge in [0.05, 0.1) is 13.7 Å². The van der Waals surface area contributed by atoms with Crippen molar-refractivity contribution in [1.29, 1.82) is 0 Å². The number of aromatic nitrogens is 3. The van der Waals surface area contributed by atoms with Crippen molar-refractivity contribution in [3.05, 3.63) is 65.1 Å². The number of rotatable bonds is 8. The van der Waals surface area contributed by atoms with Gasteiger partial charge in [0, 0.05) is 44.6 Å². The lowest BCUT2D eigenvalue weighted by molar-refractivity contribution is 0.0954. The van der Waals surface area contributed by atoms with E-state index in [0.29, 0.717) is 30.8 Å². The van der Waals surface area contributed by atoms with E-state index in [2.05, 4.69) is 25.0 Å². The van der Waals surface area contributed by atoms with E-state index in [-0.39, 0.29) is 12.5 Å². The van der Waals surface area contributed by atoms with Crippen molar-refractivity contribution in [2.45, 2.75) is 32.5 Å². The summed E-state index contributed by atoms with van der Waals surface area (Å²) in [5.41, 5.74) is 0.596. The third kappa shape index (κ3) is 5.12. The molecule has 1 aromatic carbocycles. The summed E-state index contributed by atoms with van der Waals surface area (Å²) in [7, 11) is 1.60. The molecule has 0 saturated heterocycles. The fourth-order valence-corrected chi connectivity index (χ4v) is 3.71. The van der Waals surface area contributed by atoms with Crippen molar-refractivity contribution in [3.8, 4) is 5.75 Å². The number of carbonyl (C=O) groups excluding carboxylic acids is 1. The lowest BCUT2D eigenvalue weighted by Crippen LogP contribution is -2.28. The molecule has 31 heavy (non-hydrogen) atoms. The summed E-state index contributed by atoms with van der Waals surface area (Å²) in [6.07, 6.45) is 1.42. The number of fused-ring (bicyclic) bond motifs is 1. The van der Waals surface area contributed by atoms with Gasteiger partial charge in [-0.1, -0.05) is 0 Å². The highest BCUT2D eigenvalue weighted by molar-refractivity contribution is 5.94. The predicted octanol–water partition coefficient (Wildman–Crippen LogP) is 1.40. The Morgan fingerprint density at radius 2 is 1.94 bits per heavy atom. The highest BCUT2D eigenvalue weighted by Gasteiger charge is 2.19. The summed E-state index contributed by atoms with van der Waals surface area (Å²) in [5, 5.41) is 20.8. The number of nitrogens with one attached hydrogen (secondary N) is 1. The maximum atomic E-state index is 12.3. The minimum atomic E-state index is -0.120. The quantitative estimate of drug-likeness (QED) is 0.562. The van der Waals surface area contributed by atoms with E-state index < -0.39 is 0 Å². The number of hydrogen-bond donors (Lipinski definition) is 2. The van der Waals surface area contributed by atoms with E-state index in [1.807, 2.05) is 6.07 Å². The molecule has 2 N–H and O–H groups in total. The van der Waals surface area contributed by atoms with Crippen LogP contribution in [0.2, 0.25) is 0 Å². The van der Waals surface area contributed by atoms with E-state index in [0.717, 1.165) is 49.2 Å². The topological polar surface area (TPSA) is 106 Å². The molecule has 9 heteroatoms. The van der Waals surface area contributed by atoms with Crippen LogP contribution in [-0.2, 0) is 32.5 Å². The standard InChI is InChI=1S/C22H27N5O4/c1-30-17-4-2-16(3-5-17)22(29)23-10-8-20-24-25-21-9-11-26(12-13-27(20)21)14-18-6-7-19(15-28)31-18/h2-7,28H,8-15H2,1H3,(H,23,29). The van der Waals surface area contributed by atoms with Crippen LogP contribution >= 0.6 is 0 Å². The average Bonchev–Trinajstić information content (AvgIpc) is 3.36. The Bertz CT molecular complexity index is 1010. The van der Waals surface area contributed by atoms with E-state index in [1.54, 1.807) is 37.4 Å². The molecule has 1 aliphatic heterocycles. The van der Waals surface area contributed by atoms with Gasteiger partial charge in [0.25, 0.3) is 5.91 Å². The molecule has 9 nitrogen and oxygen atoms in total. The number of furan rings is 1. The number of ether oxygens (including phenoxy) is 1. The molecular weight excluding hydrogens is 398 g/mol. The Morgan fingerprint density at radius 1 is 1.13 bits per heavy atom. The Morgan fingerprint density at radius 3 is 2.68 bits per heavy atom. The fraction of sp³-hybridized carbons (Fsp3) is 0.409. The molecule has 1 aliphatic rings. The van der Waals surface area contributed by atoms with Gasteiger partial charge in [0.2, 0.25) is 0 Å². The average molecular weight is 425 g/mol. The molecule has 3 heterocycles. The van der Waals surface area contributed by atoms with Crippen molar-refractivity contribution >= 4 is 5.91 Å². The van der Waals surface area contributed by atoms with Crippen molar-refractivity contribution in [2.75, 3.05) is 26.7 Å². The molecule has 0 fully saturated rings. The number of carbonyl (C=O) groups is 1. The lowest BCUT2D eigenvalue weighted by atomic mass is 10.2. The van der Waals surface area contributed by atoms with Gasteiger partial charge < -0.3 is 24.1 Å². The molecule has 3 aromatic rings. The largest absolute Gasteiger partial charge is 0.497 e. The molecule has 0 aliphatic carbocycles. The first-order valence-electron chi connectivity index (χ1n) is 10.4. The minimum absolute atomic E-state index is 0.0839. The van der Waals surface area contributed by atoms with Gasteiger partial charge in [-0.15, -0.1) is 10.2 Å². The molecule has 0 bridgehead atoms. The zero-order valence-corrected chi connectivity index (χ0v) is 17.6. The Kier molecular flexibility index (Phi) is 6.63. The minimum Gasteiger partial charge on any atom is -0.497 e. The number of aliphatic hydroxyl groups excluding tert-OH is 1. The molecule has 0 atom stereocenters. The summed E-state index contributed by atoms with van der Waals surface area (Å²) in [6, 6.07) is 10.7. The van der Waals surface area contributed by atoms with Crippen molar-refractivity contribution in [1.82, 2.24) is 25.0 Å². The summed E-state index contributed by atoms with van der Waals surface area (Å²) in [4.78, 5) is 14.6. The Balaban J connectivity index is 1.29. The van der Waals surface area contributed by atoms with E-state index in [1.165, 1.54) is 0 Å². The third-order valence-corrected chi connectivity index (χ3v) is 5.43. The third-order valence-electron chi connectivity index (χ3n) is 5.43. The van der Waals surface area contributed by atoms with Crippen LogP contribution in [0.1, 0.15) is 33.5 Å². The number of benzene rings is 1. The van der Waals surface area contributed by atoms with Crippen LogP contribution in [-0.4, -0.2) is 57.4 Å². The second-order valence-electron chi connectivity index (χ2n) is 7.47. The maximum Gasteiger partial charge on any atom is 0.251 e. The van der Waals surface area contributed by atoms with Crippen LogP contribution in [0, 0.1) is 0 Å². The monoisotopic (exact) mass is 425 g/mol. The van der Waals surface area contributed by atoms with Crippen molar-refractivity contribution < 1.29 is 19.1 Å². The zero-order chi connectivity index (χ0) is 21.6. The van der Waals surface area contributed by atoms with Gasteiger partial charge in [0.15, 0.2) is 0 Å². The van der Waals surface area contributed by atoms with Crippen LogP contribution in [0.15, 0.2) is 40.8 Å². The molecule has 0 radical (unpaired) electrons. The lowest BCUT2D eigenvalue weighted by Gasteiger charge is -2.18. The first-order valence-corrected chi connectivity index (χ1v) is 10.4. The fourth-order valence-electron chi connectivity index (χ4n) is 3.71. The molecular formula is C22H27N5O4. The molecule has 2 aromatic heterocycles. The second-order valence-corrected chi connectivity index (χ2v) is 7.47. The second kappa shape index (κ2) is 9.76. The van der Waals surface area contributed by atoms with Gasteiger partial charge in [-0.2, -0.15) is 0 Å². The van der Waals surface area contributed by atoms with E-state index in [4.69, 9.17) is 14.3 Å². The summed E-state index contributed by atoms with van der Waals surface area (Å²) in [6.45, 7) is 3.61. The summed E-state index contributed by atoms with van der Waals surface area (Å²) in [5.74, 6) is 3.88. The molecule has 0 spiro atoms. The molecule has 1 amide bonds. The SMILES string of the molecule is COc1ccc(C(=O)NCCc2nnc3n2CCN(Cc2ccc(CO)o2)CC3)cc1. The summed E-state index contributed by atoms with van der Waals surface area (Å²) < 4.78 is 12.9. The van der Waals surface area contributed by atoms with Crippen molar-refractivity contribution in [3.63, 3.8) is 0 Å². The number of methoxy groups -OCH3 is 1. The number of hydrogen-bond acceptors (Lipinski definition) is 7. The van der Waals surface area contributed by atoms with Gasteiger partial charge >= 0.3 is 0 Å². The smallest absolute Gasteiger partial charge is 0.251 e. The highest BCUT2D eigenvalue weighted by Crippen LogP contribution is 2.15. The zero-order valence-electron chi connectivity index (χ0n) is 17.6. The summed E-state index contributed by atoms with van der Waals surface area (Å²) >= 11 is 0. The van der Waals surface area contributed by atoms with Crippen LogP contribution in [0.3, 0.4) is 0 Å². The van der Waals surface area contributed by atoms with E-state index in [9.17, 15) is 4.79 Å². The van der Waals surface area contributed by atoms with Gasteiger partial charge in [0.1, 0.15) is 35.5 Å². The van der Waals surface area contributed by atoms with Gasteiger partial charge in [-0.25, -0.2) is 0 Å². The van der Waals surface area contributed by atoms with E-state index >= 15 is 0 Å². The normalized spacial score (nSPS) is 14.1. The van der Waals surface area contributed by atoms with Gasteiger partial charge in [-0.3, -0.25) is 9.69 Å². The van der Waals surface area contributed by atoms with Crippen molar-refractivity contribution in [2.24, 2.45) is 0 Å². The van der Waals surface area contributed by atoms with Gasteiger partial charge in [-0.05, 0) is 36.4 Å². The first-order chi connectivity index (χ1) is 15.2. The van der Waals surface area contributed by atoms with Crippen LogP contribution in [0.4, 0.5) is 0 Å². The Labute approximate surface area is 180 Å². The first kappa shape index (κ1) is 21.1. The van der Waals surface area contributed by atoms with Crippen LogP contribution in [0.25, 0.3) is 0 Å². The number of nitrogens with zero attached hydrogens (tertiary/aromatic N) is 4. The van der Waals surface area contributed by atoms with Crippen LogP contribution in [0.5, 0.6) is 5.75 Å². The van der Waals surface area contributed by atoms with Crippen LogP contribution < -0.4 is 10.1 Å². The maximum absolute atomic E-state index is 12.3. The molecule has 0 saturated carbocycles. The molecule has 0 unspecified atom stereocenters. The molecule has 4 rings (SSSR count).